The fourth-order valence-corrected chi connectivity index (χ4v) is 3.51. The molecule has 3 atom stereocenters. The molecule has 3 unspecified atom stereocenters. The number of guanidine groups is 1. The largest absolute Gasteiger partial charge is 0.357 e. The van der Waals surface area contributed by atoms with Gasteiger partial charge in [0.1, 0.15) is 0 Å². The fraction of sp³-hybridized carbons (Fsp3) is 0.944. The van der Waals surface area contributed by atoms with E-state index in [1.54, 1.807) is 0 Å². The first-order chi connectivity index (χ1) is 10.9. The third-order valence-corrected chi connectivity index (χ3v) is 5.30. The predicted molar refractivity (Wildman–Crippen MR) is 114 cm³/mol. The smallest absolute Gasteiger partial charge is 0.191 e. The van der Waals surface area contributed by atoms with Crippen LogP contribution in [0.2, 0.25) is 0 Å². The van der Waals surface area contributed by atoms with Gasteiger partial charge in [0.15, 0.2) is 5.96 Å². The number of halogens is 1. The molecule has 1 aliphatic carbocycles. The van der Waals surface area contributed by atoms with Crippen LogP contribution in [-0.2, 0) is 0 Å². The van der Waals surface area contributed by atoms with Crippen LogP contribution < -0.4 is 10.6 Å². The Morgan fingerprint density at radius 1 is 1.25 bits per heavy atom. The maximum absolute atomic E-state index is 4.90. The summed E-state index contributed by atoms with van der Waals surface area (Å²) in [5.74, 6) is 2.50. The van der Waals surface area contributed by atoms with Gasteiger partial charge in [-0.2, -0.15) is 0 Å². The molecule has 2 rings (SSSR count). The van der Waals surface area contributed by atoms with E-state index in [-0.39, 0.29) is 24.0 Å². The average Bonchev–Trinajstić information content (AvgIpc) is 3.23. The van der Waals surface area contributed by atoms with Gasteiger partial charge in [-0.15, -0.1) is 24.0 Å². The summed E-state index contributed by atoms with van der Waals surface area (Å²) in [6, 6.07) is 1.70. The van der Waals surface area contributed by atoms with E-state index in [1.807, 2.05) is 0 Å². The number of rotatable bonds is 7. The van der Waals surface area contributed by atoms with Gasteiger partial charge >= 0.3 is 0 Å². The molecule has 1 saturated heterocycles. The van der Waals surface area contributed by atoms with E-state index in [0.29, 0.717) is 24.0 Å². The van der Waals surface area contributed by atoms with Gasteiger partial charge in [-0.1, -0.05) is 6.92 Å². The second-order valence-corrected chi connectivity index (χ2v) is 7.86. The summed E-state index contributed by atoms with van der Waals surface area (Å²) in [6.07, 6.45) is 2.73. The molecular formula is C18H38IN5. The van der Waals surface area contributed by atoms with E-state index in [0.717, 1.165) is 31.5 Å². The molecule has 0 amide bonds. The molecule has 6 heteroatoms. The molecule has 1 heterocycles. The Balaban J connectivity index is 0.00000288. The van der Waals surface area contributed by atoms with Crippen LogP contribution >= 0.6 is 24.0 Å². The van der Waals surface area contributed by atoms with Crippen molar-refractivity contribution in [1.82, 2.24) is 20.4 Å². The molecule has 5 nitrogen and oxygen atoms in total. The summed E-state index contributed by atoms with van der Waals surface area (Å²) in [7, 11) is 4.36. The van der Waals surface area contributed by atoms with Crippen LogP contribution in [0.5, 0.6) is 0 Å². The van der Waals surface area contributed by atoms with Gasteiger partial charge in [-0.05, 0) is 59.5 Å². The van der Waals surface area contributed by atoms with Gasteiger partial charge < -0.3 is 15.5 Å². The zero-order valence-corrected chi connectivity index (χ0v) is 18.7. The lowest BCUT2D eigenvalue weighted by molar-refractivity contribution is 0.265. The highest BCUT2D eigenvalue weighted by Gasteiger charge is 2.33. The third kappa shape index (κ3) is 6.33. The van der Waals surface area contributed by atoms with Crippen LogP contribution in [0.15, 0.2) is 4.99 Å². The van der Waals surface area contributed by atoms with E-state index in [9.17, 15) is 0 Å². The molecule has 2 aliphatic rings. The Morgan fingerprint density at radius 3 is 2.38 bits per heavy atom. The summed E-state index contributed by atoms with van der Waals surface area (Å²) in [5, 5.41) is 7.11. The number of nitrogens with zero attached hydrogens (tertiary/aromatic N) is 3. The zero-order chi connectivity index (χ0) is 17.0. The van der Waals surface area contributed by atoms with Gasteiger partial charge in [0.05, 0.1) is 6.54 Å². The van der Waals surface area contributed by atoms with Gasteiger partial charge in [-0.3, -0.25) is 9.89 Å². The molecule has 0 aromatic rings. The van der Waals surface area contributed by atoms with E-state index in [4.69, 9.17) is 4.99 Å². The molecular weight excluding hydrogens is 413 g/mol. The summed E-state index contributed by atoms with van der Waals surface area (Å²) in [4.78, 5) is 9.79. The van der Waals surface area contributed by atoms with Crippen molar-refractivity contribution >= 4 is 29.9 Å². The molecule has 2 fully saturated rings. The second-order valence-electron chi connectivity index (χ2n) is 7.86. The molecule has 1 saturated carbocycles. The molecule has 0 aromatic heterocycles. The van der Waals surface area contributed by atoms with Crippen molar-refractivity contribution in [1.29, 1.82) is 0 Å². The van der Waals surface area contributed by atoms with E-state index in [1.165, 1.54) is 19.4 Å². The van der Waals surface area contributed by atoms with Crippen LogP contribution in [0.25, 0.3) is 0 Å². The summed E-state index contributed by atoms with van der Waals surface area (Å²) in [6.45, 7) is 13.1. The van der Waals surface area contributed by atoms with E-state index in [2.05, 4.69) is 62.2 Å². The quantitative estimate of drug-likeness (QED) is 0.354. The van der Waals surface area contributed by atoms with Gasteiger partial charge in [0.2, 0.25) is 0 Å². The molecule has 24 heavy (non-hydrogen) atoms. The first-order valence-corrected chi connectivity index (χ1v) is 9.37. The topological polar surface area (TPSA) is 42.9 Å². The molecule has 0 spiro atoms. The van der Waals surface area contributed by atoms with Crippen molar-refractivity contribution in [2.75, 3.05) is 40.3 Å². The van der Waals surface area contributed by atoms with Gasteiger partial charge in [-0.25, -0.2) is 0 Å². The Kier molecular flexibility index (Phi) is 9.30. The minimum Gasteiger partial charge on any atom is -0.357 e. The van der Waals surface area contributed by atoms with Crippen molar-refractivity contribution < 1.29 is 0 Å². The standard InChI is InChI=1S/C18H37N5.HI/c1-7-19-18(20-10-17(22(5)6)15-8-9-15)21-16-12-23(13(2)3)11-14(16)4;/h13-17H,7-12H2,1-6H3,(H2,19,20,21);1H. The van der Waals surface area contributed by atoms with Crippen molar-refractivity contribution in [2.45, 2.75) is 58.7 Å². The van der Waals surface area contributed by atoms with Crippen LogP contribution in [0, 0.1) is 11.8 Å². The normalized spacial score (nSPS) is 26.6. The van der Waals surface area contributed by atoms with Gasteiger partial charge in [0.25, 0.3) is 0 Å². The lowest BCUT2D eigenvalue weighted by Crippen LogP contribution is -2.47. The Hall–Kier alpha value is -0.0800. The fourth-order valence-electron chi connectivity index (χ4n) is 3.51. The Morgan fingerprint density at radius 2 is 1.92 bits per heavy atom. The summed E-state index contributed by atoms with van der Waals surface area (Å²) < 4.78 is 0. The number of nitrogens with one attached hydrogen (secondary N) is 2. The molecule has 1 aliphatic heterocycles. The molecule has 0 bridgehead atoms. The second kappa shape index (κ2) is 10.2. The van der Waals surface area contributed by atoms with Crippen LogP contribution in [0.3, 0.4) is 0 Å². The molecule has 0 radical (unpaired) electrons. The number of hydrogen-bond donors (Lipinski definition) is 2. The molecule has 142 valence electrons. The maximum atomic E-state index is 4.90. The number of likely N-dealkylation sites (tertiary alicyclic amines) is 1. The summed E-state index contributed by atoms with van der Waals surface area (Å²) >= 11 is 0. The predicted octanol–water partition coefficient (Wildman–Crippen LogP) is 2.23. The Bertz CT molecular complexity index is 393. The van der Waals surface area contributed by atoms with Crippen LogP contribution in [-0.4, -0.2) is 74.2 Å². The minimum atomic E-state index is 0. The molecule has 0 aromatic carbocycles. The van der Waals surface area contributed by atoms with Crippen molar-refractivity contribution in [2.24, 2.45) is 16.8 Å². The third-order valence-electron chi connectivity index (χ3n) is 5.30. The lowest BCUT2D eigenvalue weighted by atomic mass is 10.1. The number of likely N-dealkylation sites (N-methyl/N-ethyl adjacent to an activating group) is 1. The first kappa shape index (κ1) is 22.0. The van der Waals surface area contributed by atoms with E-state index >= 15 is 0 Å². The van der Waals surface area contributed by atoms with Gasteiger partial charge in [0, 0.05) is 37.8 Å². The Labute approximate surface area is 166 Å². The van der Waals surface area contributed by atoms with Crippen molar-refractivity contribution in [3.8, 4) is 0 Å². The highest BCUT2D eigenvalue weighted by Crippen LogP contribution is 2.34. The highest BCUT2D eigenvalue weighted by atomic mass is 127. The first-order valence-electron chi connectivity index (χ1n) is 9.37. The lowest BCUT2D eigenvalue weighted by Gasteiger charge is -2.24. The van der Waals surface area contributed by atoms with Crippen LogP contribution in [0.4, 0.5) is 0 Å². The van der Waals surface area contributed by atoms with Crippen molar-refractivity contribution in [3.05, 3.63) is 0 Å². The zero-order valence-electron chi connectivity index (χ0n) is 16.4. The van der Waals surface area contributed by atoms with Crippen LogP contribution in [0.1, 0.15) is 40.5 Å². The van der Waals surface area contributed by atoms with Crippen molar-refractivity contribution in [3.63, 3.8) is 0 Å². The molecule has 2 N–H and O–H groups in total. The highest BCUT2D eigenvalue weighted by molar-refractivity contribution is 14.0. The maximum Gasteiger partial charge on any atom is 0.191 e. The SMILES string of the molecule is CCNC(=NCC(C1CC1)N(C)C)NC1CN(C(C)C)CC1C.I. The average molecular weight is 451 g/mol. The van der Waals surface area contributed by atoms with E-state index < -0.39 is 0 Å². The number of aliphatic imine (C=N–C) groups is 1. The monoisotopic (exact) mass is 451 g/mol. The minimum absolute atomic E-state index is 0. The summed E-state index contributed by atoms with van der Waals surface area (Å²) in [5.41, 5.74) is 0. The number of hydrogen-bond acceptors (Lipinski definition) is 3.